The van der Waals surface area contributed by atoms with E-state index in [4.69, 9.17) is 21.1 Å². The molecule has 0 unspecified atom stereocenters. The average molecular weight is 431 g/mol. The number of hydrogen-bond acceptors (Lipinski definition) is 5. The van der Waals surface area contributed by atoms with Crippen LogP contribution in [0.5, 0.6) is 11.5 Å². The number of rotatable bonds is 6. The van der Waals surface area contributed by atoms with E-state index in [2.05, 4.69) is 15.7 Å². The molecule has 1 aliphatic heterocycles. The van der Waals surface area contributed by atoms with Crippen molar-refractivity contribution in [2.45, 2.75) is 12.8 Å². The van der Waals surface area contributed by atoms with Crippen molar-refractivity contribution in [1.82, 2.24) is 10.3 Å². The molecule has 0 spiro atoms. The lowest BCUT2D eigenvalue weighted by atomic mass is 10.1. The molecule has 0 aromatic heterocycles. The van der Waals surface area contributed by atoms with Crippen LogP contribution in [0.15, 0.2) is 41.5 Å². The lowest BCUT2D eigenvalue weighted by Gasteiger charge is -2.15. The minimum absolute atomic E-state index is 0.110. The Kier molecular flexibility index (Phi) is 6.79. The summed E-state index contributed by atoms with van der Waals surface area (Å²) in [7, 11) is 4.61. The Morgan fingerprint density at radius 3 is 2.47 bits per heavy atom. The molecule has 3 amide bonds. The Morgan fingerprint density at radius 2 is 1.83 bits per heavy atom. The molecule has 2 N–H and O–H groups in total. The Labute approximate surface area is 179 Å². The van der Waals surface area contributed by atoms with Gasteiger partial charge < -0.3 is 20.1 Å². The van der Waals surface area contributed by atoms with Crippen LogP contribution in [-0.4, -0.2) is 50.5 Å². The third-order valence-electron chi connectivity index (χ3n) is 4.69. The zero-order valence-corrected chi connectivity index (χ0v) is 17.7. The van der Waals surface area contributed by atoms with Crippen molar-refractivity contribution >= 4 is 34.9 Å². The second kappa shape index (κ2) is 9.49. The van der Waals surface area contributed by atoms with Gasteiger partial charge in [0.05, 0.1) is 37.9 Å². The number of carbonyl (C=O) groups excluding carboxylic acids is 2. The van der Waals surface area contributed by atoms with Crippen molar-refractivity contribution in [1.29, 1.82) is 0 Å². The minimum Gasteiger partial charge on any atom is -0.496 e. The van der Waals surface area contributed by atoms with Crippen LogP contribution in [-0.2, 0) is 11.2 Å². The van der Waals surface area contributed by atoms with Gasteiger partial charge in [-0.2, -0.15) is 5.10 Å². The summed E-state index contributed by atoms with van der Waals surface area (Å²) in [4.78, 5) is 24.1. The maximum absolute atomic E-state index is 12.8. The van der Waals surface area contributed by atoms with Crippen LogP contribution in [0.4, 0.5) is 10.5 Å². The van der Waals surface area contributed by atoms with Gasteiger partial charge in [0.1, 0.15) is 11.5 Å². The molecule has 2 aromatic rings. The van der Waals surface area contributed by atoms with Crippen molar-refractivity contribution in [2.24, 2.45) is 5.10 Å². The molecule has 8 nitrogen and oxygen atoms in total. The maximum atomic E-state index is 12.8. The molecule has 0 atom stereocenters. The molecule has 1 heterocycles. The third-order valence-corrected chi connectivity index (χ3v) is 4.98. The van der Waals surface area contributed by atoms with Gasteiger partial charge in [0.2, 0.25) is 5.91 Å². The van der Waals surface area contributed by atoms with E-state index in [1.54, 1.807) is 31.3 Å². The van der Waals surface area contributed by atoms with E-state index in [9.17, 15) is 9.59 Å². The summed E-state index contributed by atoms with van der Waals surface area (Å²) < 4.78 is 10.6. The molecule has 1 aliphatic rings. The normalized spacial score (nSPS) is 12.9. The van der Waals surface area contributed by atoms with Crippen molar-refractivity contribution < 1.29 is 19.1 Å². The van der Waals surface area contributed by atoms with Crippen LogP contribution >= 0.6 is 11.6 Å². The van der Waals surface area contributed by atoms with Crippen LogP contribution in [0.1, 0.15) is 17.5 Å². The lowest BCUT2D eigenvalue weighted by molar-refractivity contribution is -0.130. The van der Waals surface area contributed by atoms with Gasteiger partial charge in [-0.1, -0.05) is 23.7 Å². The van der Waals surface area contributed by atoms with Crippen LogP contribution in [0.25, 0.3) is 0 Å². The largest absolute Gasteiger partial charge is 0.496 e. The van der Waals surface area contributed by atoms with Crippen LogP contribution < -0.4 is 20.1 Å². The Bertz CT molecular complexity index is 976. The van der Waals surface area contributed by atoms with Crippen molar-refractivity contribution in [3.8, 4) is 11.5 Å². The quantitative estimate of drug-likeness (QED) is 0.735. The molecule has 158 valence electrons. The number of hydrogen-bond donors (Lipinski definition) is 2. The van der Waals surface area contributed by atoms with Crippen molar-refractivity contribution in [2.75, 3.05) is 33.1 Å². The van der Waals surface area contributed by atoms with Gasteiger partial charge in [-0.3, -0.25) is 4.79 Å². The number of nitrogens with zero attached hydrogens (tertiary/aromatic N) is 2. The smallest absolute Gasteiger partial charge is 0.318 e. The van der Waals surface area contributed by atoms with Gasteiger partial charge in [-0.25, -0.2) is 9.80 Å². The predicted molar refractivity (Wildman–Crippen MR) is 116 cm³/mol. The molecular formula is C21H23ClN4O4. The SMILES string of the molecule is CNC(=O)Nc1ccc(C2=NN(C(=O)Cc3cc(Cl)c(OC)cc3OC)CC2)cc1. The molecule has 0 radical (unpaired) electrons. The molecular weight excluding hydrogens is 408 g/mol. The zero-order valence-electron chi connectivity index (χ0n) is 17.0. The first-order chi connectivity index (χ1) is 14.4. The van der Waals surface area contributed by atoms with Gasteiger partial charge in [-0.05, 0) is 23.8 Å². The van der Waals surface area contributed by atoms with Crippen LogP contribution in [0.3, 0.4) is 0 Å². The Hall–Kier alpha value is -3.26. The maximum Gasteiger partial charge on any atom is 0.318 e. The number of hydrazone groups is 1. The summed E-state index contributed by atoms with van der Waals surface area (Å²) in [6, 6.07) is 10.4. The van der Waals surface area contributed by atoms with Crippen LogP contribution in [0.2, 0.25) is 5.02 Å². The average Bonchev–Trinajstić information content (AvgIpc) is 3.25. The number of anilines is 1. The highest BCUT2D eigenvalue weighted by Crippen LogP contribution is 2.33. The molecule has 0 bridgehead atoms. The summed E-state index contributed by atoms with van der Waals surface area (Å²) in [6.07, 6.45) is 0.757. The van der Waals surface area contributed by atoms with Gasteiger partial charge >= 0.3 is 6.03 Å². The van der Waals surface area contributed by atoms with Crippen molar-refractivity contribution in [3.63, 3.8) is 0 Å². The van der Waals surface area contributed by atoms with E-state index < -0.39 is 0 Å². The molecule has 0 saturated carbocycles. The number of halogens is 1. The van der Waals surface area contributed by atoms with E-state index in [1.165, 1.54) is 19.2 Å². The fourth-order valence-corrected chi connectivity index (χ4v) is 3.36. The summed E-state index contributed by atoms with van der Waals surface area (Å²) in [5.41, 5.74) is 3.06. The predicted octanol–water partition coefficient (Wildman–Crippen LogP) is 3.29. The standard InChI is InChI=1S/C21H23ClN4O4/c1-23-21(28)24-15-6-4-13(5-7-15)17-8-9-26(25-17)20(27)11-14-10-16(22)19(30-3)12-18(14)29-2/h4-7,10,12H,8-9,11H2,1-3H3,(H2,23,24,28). The minimum atomic E-state index is -0.285. The molecule has 9 heteroatoms. The number of carbonyl (C=O) groups is 2. The Morgan fingerprint density at radius 1 is 1.13 bits per heavy atom. The number of amides is 3. The van der Waals surface area contributed by atoms with Crippen LogP contribution in [0, 0.1) is 0 Å². The van der Waals surface area contributed by atoms with E-state index in [-0.39, 0.29) is 18.4 Å². The molecule has 0 saturated heterocycles. The van der Waals surface area contributed by atoms with E-state index in [1.807, 2.05) is 12.1 Å². The second-order valence-corrected chi connectivity index (χ2v) is 6.98. The number of urea groups is 1. The fraction of sp³-hybridized carbons (Fsp3) is 0.286. The number of nitrogens with one attached hydrogen (secondary N) is 2. The lowest BCUT2D eigenvalue weighted by Crippen LogP contribution is -2.25. The number of methoxy groups -OCH3 is 2. The third kappa shape index (κ3) is 4.83. The van der Waals surface area contributed by atoms with Gasteiger partial charge in [-0.15, -0.1) is 0 Å². The van der Waals surface area contributed by atoms with Crippen molar-refractivity contribution in [3.05, 3.63) is 52.5 Å². The summed E-state index contributed by atoms with van der Waals surface area (Å²) in [6.45, 7) is 0.499. The van der Waals surface area contributed by atoms with E-state index in [0.717, 1.165) is 11.3 Å². The number of ether oxygens (including phenoxy) is 2. The first-order valence-electron chi connectivity index (χ1n) is 9.32. The monoisotopic (exact) mass is 430 g/mol. The first kappa shape index (κ1) is 21.4. The molecule has 0 fully saturated rings. The zero-order chi connectivity index (χ0) is 21.7. The van der Waals surface area contributed by atoms with Gasteiger partial charge in [0, 0.05) is 30.8 Å². The highest BCUT2D eigenvalue weighted by Gasteiger charge is 2.23. The summed E-state index contributed by atoms with van der Waals surface area (Å²) >= 11 is 6.20. The molecule has 0 aliphatic carbocycles. The first-order valence-corrected chi connectivity index (χ1v) is 9.70. The molecule has 2 aromatic carbocycles. The topological polar surface area (TPSA) is 92.3 Å². The van der Waals surface area contributed by atoms with E-state index >= 15 is 0 Å². The van der Waals surface area contributed by atoms with E-state index in [0.29, 0.717) is 40.7 Å². The highest BCUT2D eigenvalue weighted by molar-refractivity contribution is 6.32. The molecule has 3 rings (SSSR count). The summed E-state index contributed by atoms with van der Waals surface area (Å²) in [5, 5.41) is 11.5. The fourth-order valence-electron chi connectivity index (χ4n) is 3.09. The highest BCUT2D eigenvalue weighted by atomic mass is 35.5. The van der Waals surface area contributed by atoms with Gasteiger partial charge in [0.25, 0.3) is 0 Å². The molecule has 30 heavy (non-hydrogen) atoms. The Balaban J connectivity index is 1.70. The number of benzene rings is 2. The summed E-state index contributed by atoms with van der Waals surface area (Å²) in [5.74, 6) is 0.871. The van der Waals surface area contributed by atoms with Gasteiger partial charge in [0.15, 0.2) is 0 Å². The second-order valence-electron chi connectivity index (χ2n) is 6.57.